The van der Waals surface area contributed by atoms with Gasteiger partial charge in [0.25, 0.3) is 0 Å². The molecule has 0 radical (unpaired) electrons. The molecule has 204 valence electrons. The number of amides is 1. The maximum Gasteiger partial charge on any atom is 0.241 e. The highest BCUT2D eigenvalue weighted by Crippen LogP contribution is 2.24. The first kappa shape index (κ1) is 26.5. The van der Waals surface area contributed by atoms with Gasteiger partial charge < -0.3 is 26.0 Å². The molecular weight excluding hydrogens is 516 g/mol. The maximum atomic E-state index is 13.5. The molecule has 0 bridgehead atoms. The fourth-order valence-electron chi connectivity index (χ4n) is 5.16. The summed E-state index contributed by atoms with van der Waals surface area (Å²) in [5.74, 6) is -0.207. The van der Waals surface area contributed by atoms with Crippen LogP contribution in [0.5, 0.6) is 5.75 Å². The topological polar surface area (TPSA) is 164 Å². The number of benzene rings is 3. The molecule has 1 fully saturated rings. The molecule has 7 N–H and O–H groups in total. The number of para-hydroxylation sites is 1. The fraction of sp³-hybridized carbons (Fsp3) is 0.286. The molecule has 11 heteroatoms. The molecule has 2 heterocycles. The zero-order chi connectivity index (χ0) is 27.6. The van der Waals surface area contributed by atoms with Crippen molar-refractivity contribution in [3.05, 3.63) is 72.4 Å². The van der Waals surface area contributed by atoms with E-state index in [9.17, 15) is 18.3 Å². The number of phenolic OH excluding ortho intramolecular Hbond substituents is 1. The third-order valence-electron chi connectivity index (χ3n) is 7.24. The van der Waals surface area contributed by atoms with Crippen LogP contribution in [0.25, 0.3) is 21.7 Å². The average Bonchev–Trinajstić information content (AvgIpc) is 3.33. The smallest absolute Gasteiger partial charge is 0.241 e. The number of aromatic amines is 1. The van der Waals surface area contributed by atoms with Crippen molar-refractivity contribution < 1.29 is 18.3 Å². The number of guanidine groups is 1. The second-order valence-electron chi connectivity index (χ2n) is 10.0. The van der Waals surface area contributed by atoms with E-state index in [0.717, 1.165) is 29.3 Å². The molecule has 0 aliphatic carbocycles. The highest BCUT2D eigenvalue weighted by atomic mass is 32.2. The minimum Gasteiger partial charge on any atom is -0.508 e. The first-order valence-electron chi connectivity index (χ1n) is 12.9. The number of nitrogens with one attached hydrogen (secondary N) is 4. The highest BCUT2D eigenvalue weighted by Gasteiger charge is 2.28. The Kier molecular flexibility index (Phi) is 7.45. The molecular formula is C28H32N6O4S. The number of likely N-dealkylation sites (tertiary alicyclic amines) is 1. The zero-order valence-electron chi connectivity index (χ0n) is 21.4. The van der Waals surface area contributed by atoms with Crippen molar-refractivity contribution in [2.24, 2.45) is 11.7 Å². The van der Waals surface area contributed by atoms with Gasteiger partial charge in [-0.3, -0.25) is 10.2 Å². The number of aromatic hydroxyl groups is 1. The Bertz CT molecular complexity index is 1630. The van der Waals surface area contributed by atoms with E-state index >= 15 is 0 Å². The van der Waals surface area contributed by atoms with Gasteiger partial charge in [0.15, 0.2) is 5.96 Å². The molecule has 2 atom stereocenters. The van der Waals surface area contributed by atoms with Gasteiger partial charge in [0.05, 0.1) is 4.90 Å². The number of H-pyrrole nitrogens is 1. The summed E-state index contributed by atoms with van der Waals surface area (Å²) in [5.41, 5.74) is 7.38. The Morgan fingerprint density at radius 1 is 1.15 bits per heavy atom. The summed E-state index contributed by atoms with van der Waals surface area (Å²) in [5, 5.41) is 22.6. The first-order valence-corrected chi connectivity index (χ1v) is 14.3. The molecule has 0 saturated carbocycles. The average molecular weight is 549 g/mol. The lowest BCUT2D eigenvalue weighted by Crippen LogP contribution is -2.51. The van der Waals surface area contributed by atoms with Gasteiger partial charge in [-0.2, -0.15) is 4.72 Å². The molecule has 10 nitrogen and oxygen atoms in total. The van der Waals surface area contributed by atoms with Gasteiger partial charge in [-0.1, -0.05) is 30.3 Å². The zero-order valence-corrected chi connectivity index (χ0v) is 22.2. The van der Waals surface area contributed by atoms with Crippen molar-refractivity contribution in [1.82, 2.24) is 19.9 Å². The molecule has 1 amide bonds. The summed E-state index contributed by atoms with van der Waals surface area (Å²) < 4.78 is 29.6. The Morgan fingerprint density at radius 3 is 2.74 bits per heavy atom. The van der Waals surface area contributed by atoms with E-state index in [2.05, 4.69) is 15.0 Å². The van der Waals surface area contributed by atoms with Crippen LogP contribution in [0.3, 0.4) is 0 Å². The summed E-state index contributed by atoms with van der Waals surface area (Å²) in [6.45, 7) is 1.64. The number of piperidine rings is 1. The monoisotopic (exact) mass is 548 g/mol. The van der Waals surface area contributed by atoms with E-state index in [1.54, 1.807) is 29.3 Å². The number of carbonyl (C=O) groups is 1. The molecule has 2 unspecified atom stereocenters. The van der Waals surface area contributed by atoms with Crippen LogP contribution in [-0.4, -0.2) is 61.0 Å². The van der Waals surface area contributed by atoms with Gasteiger partial charge in [-0.25, -0.2) is 8.42 Å². The van der Waals surface area contributed by atoms with E-state index in [-0.39, 0.29) is 28.9 Å². The number of nitrogens with two attached hydrogens (primary N) is 1. The van der Waals surface area contributed by atoms with Gasteiger partial charge in [0, 0.05) is 36.7 Å². The molecule has 5 rings (SSSR count). The number of aromatic nitrogens is 1. The number of fused-ring (bicyclic) bond motifs is 2. The third kappa shape index (κ3) is 5.99. The molecule has 1 saturated heterocycles. The predicted molar refractivity (Wildman–Crippen MR) is 151 cm³/mol. The number of hydrogen-bond acceptors (Lipinski definition) is 5. The van der Waals surface area contributed by atoms with Crippen molar-refractivity contribution in [3.63, 3.8) is 0 Å². The van der Waals surface area contributed by atoms with Crippen LogP contribution in [0.15, 0.2) is 71.8 Å². The minimum atomic E-state index is -4.06. The molecule has 1 aromatic heterocycles. The van der Waals surface area contributed by atoms with Crippen LogP contribution in [0.1, 0.15) is 18.4 Å². The second-order valence-corrected chi connectivity index (χ2v) is 11.7. The first-order chi connectivity index (χ1) is 18.7. The Labute approximate surface area is 226 Å². The predicted octanol–water partition coefficient (Wildman–Crippen LogP) is 2.64. The second kappa shape index (κ2) is 11.0. The summed E-state index contributed by atoms with van der Waals surface area (Å²) in [6.07, 6.45) is 3.70. The van der Waals surface area contributed by atoms with Crippen molar-refractivity contribution in [1.29, 1.82) is 5.41 Å². The normalized spacial score (nSPS) is 16.8. The number of sulfonamides is 1. The SMILES string of the molecule is N=C(N)N1CCCC(CNC(=O)C(Cc2c[nH]c3ccccc23)NS(=O)(=O)c2ccc3cc(O)ccc3c2)C1. The molecule has 4 aromatic rings. The molecule has 1 aliphatic rings. The lowest BCUT2D eigenvalue weighted by molar-refractivity contribution is -0.122. The fourth-order valence-corrected chi connectivity index (χ4v) is 6.39. The van der Waals surface area contributed by atoms with Crippen molar-refractivity contribution in [2.75, 3.05) is 19.6 Å². The quantitative estimate of drug-likeness (QED) is 0.146. The van der Waals surface area contributed by atoms with Gasteiger partial charge >= 0.3 is 0 Å². The summed E-state index contributed by atoms with van der Waals surface area (Å²) in [6, 6.07) is 15.9. The van der Waals surface area contributed by atoms with Gasteiger partial charge in [-0.05, 0) is 71.8 Å². The molecule has 0 spiro atoms. The summed E-state index contributed by atoms with van der Waals surface area (Å²) in [7, 11) is -4.06. The number of hydrogen-bond donors (Lipinski definition) is 6. The van der Waals surface area contributed by atoms with Crippen molar-refractivity contribution in [3.8, 4) is 5.75 Å². The van der Waals surface area contributed by atoms with E-state index in [4.69, 9.17) is 11.1 Å². The minimum absolute atomic E-state index is 0.0154. The number of carbonyl (C=O) groups excluding carboxylic acids is 1. The van der Waals surface area contributed by atoms with Gasteiger partial charge in [-0.15, -0.1) is 0 Å². The van der Waals surface area contributed by atoms with Gasteiger partial charge in [0.1, 0.15) is 11.8 Å². The number of rotatable bonds is 8. The van der Waals surface area contributed by atoms with Crippen LogP contribution >= 0.6 is 0 Å². The lowest BCUT2D eigenvalue weighted by Gasteiger charge is -2.33. The number of nitrogens with zero attached hydrogens (tertiary/aromatic N) is 1. The Morgan fingerprint density at radius 2 is 1.92 bits per heavy atom. The van der Waals surface area contributed by atoms with Crippen LogP contribution in [0.4, 0.5) is 0 Å². The molecule has 39 heavy (non-hydrogen) atoms. The van der Waals surface area contributed by atoms with Gasteiger partial charge in [0.2, 0.25) is 15.9 Å². The molecule has 3 aromatic carbocycles. The third-order valence-corrected chi connectivity index (χ3v) is 8.71. The van der Waals surface area contributed by atoms with Crippen LogP contribution in [-0.2, 0) is 21.2 Å². The maximum absolute atomic E-state index is 13.5. The Hall–Kier alpha value is -4.09. The summed E-state index contributed by atoms with van der Waals surface area (Å²) >= 11 is 0. The van der Waals surface area contributed by atoms with E-state index in [0.29, 0.717) is 30.4 Å². The van der Waals surface area contributed by atoms with Crippen LogP contribution in [0, 0.1) is 11.3 Å². The van der Waals surface area contributed by atoms with Crippen molar-refractivity contribution >= 4 is 43.6 Å². The molecule has 1 aliphatic heterocycles. The summed E-state index contributed by atoms with van der Waals surface area (Å²) in [4.78, 5) is 18.5. The van der Waals surface area contributed by atoms with Crippen molar-refractivity contribution in [2.45, 2.75) is 30.2 Å². The van der Waals surface area contributed by atoms with E-state index < -0.39 is 22.0 Å². The highest BCUT2D eigenvalue weighted by molar-refractivity contribution is 7.89. The lowest BCUT2D eigenvalue weighted by atomic mass is 9.98. The van der Waals surface area contributed by atoms with E-state index in [1.165, 1.54) is 18.2 Å². The number of phenols is 1. The largest absolute Gasteiger partial charge is 0.508 e. The standard InChI is InChI=1S/C28H32N6O4S/c29-28(30)34-11-3-4-18(17-34)15-32-27(36)26(14-21-16-31-25-6-2-1-5-24(21)25)33-39(37,38)23-10-8-19-12-22(35)9-7-20(19)13-23/h1-2,5-10,12-13,16,18,26,31,33,35H,3-4,11,14-15,17H2,(H3,29,30)(H,32,36). The van der Waals surface area contributed by atoms with Crippen LogP contribution < -0.4 is 15.8 Å². The Balaban J connectivity index is 1.38. The van der Waals surface area contributed by atoms with E-state index in [1.807, 2.05) is 24.3 Å². The van der Waals surface area contributed by atoms with Crippen LogP contribution in [0.2, 0.25) is 0 Å².